The van der Waals surface area contributed by atoms with E-state index in [0.717, 1.165) is 42.6 Å². The molecule has 4 heteroatoms. The Morgan fingerprint density at radius 2 is 1.64 bits per heavy atom. The zero-order valence-electron chi connectivity index (χ0n) is 17.0. The van der Waals surface area contributed by atoms with Crippen LogP contribution in [0.15, 0.2) is 54.7 Å². The SMILES string of the molecule is CC(C)(C)c1ccc(N2CCN(C(=O)Cc3c[nH]c4ccccc34)CC2)cc1. The lowest BCUT2D eigenvalue weighted by Gasteiger charge is -2.36. The molecule has 1 aliphatic heterocycles. The summed E-state index contributed by atoms with van der Waals surface area (Å²) in [6, 6.07) is 17.0. The van der Waals surface area contributed by atoms with Crippen molar-refractivity contribution in [2.24, 2.45) is 0 Å². The second kappa shape index (κ2) is 7.34. The van der Waals surface area contributed by atoms with Crippen molar-refractivity contribution in [1.82, 2.24) is 9.88 Å². The Morgan fingerprint density at radius 1 is 0.964 bits per heavy atom. The normalized spacial score (nSPS) is 15.2. The van der Waals surface area contributed by atoms with E-state index >= 15 is 0 Å². The van der Waals surface area contributed by atoms with Crippen LogP contribution in [0.1, 0.15) is 31.9 Å². The summed E-state index contributed by atoms with van der Waals surface area (Å²) in [6.07, 6.45) is 2.43. The Hall–Kier alpha value is -2.75. The van der Waals surface area contributed by atoms with Gasteiger partial charge in [0, 0.05) is 49.0 Å². The number of aromatic amines is 1. The van der Waals surface area contributed by atoms with Gasteiger partial charge in [0.05, 0.1) is 6.42 Å². The number of H-pyrrole nitrogens is 1. The summed E-state index contributed by atoms with van der Waals surface area (Å²) in [6.45, 7) is 10.0. The van der Waals surface area contributed by atoms with Crippen LogP contribution in [0.5, 0.6) is 0 Å². The molecule has 3 aromatic rings. The first-order chi connectivity index (χ1) is 13.4. The molecule has 2 heterocycles. The van der Waals surface area contributed by atoms with E-state index in [-0.39, 0.29) is 11.3 Å². The average molecular weight is 376 g/mol. The average Bonchev–Trinajstić information content (AvgIpc) is 3.10. The van der Waals surface area contributed by atoms with Crippen molar-refractivity contribution < 1.29 is 4.79 Å². The highest BCUT2D eigenvalue weighted by atomic mass is 16.2. The minimum absolute atomic E-state index is 0.173. The van der Waals surface area contributed by atoms with Gasteiger partial charge in [-0.1, -0.05) is 51.1 Å². The van der Waals surface area contributed by atoms with Gasteiger partial charge in [0.15, 0.2) is 0 Å². The van der Waals surface area contributed by atoms with E-state index in [9.17, 15) is 4.79 Å². The van der Waals surface area contributed by atoms with Gasteiger partial charge in [-0.2, -0.15) is 0 Å². The standard InChI is InChI=1S/C24H29N3O/c1-24(2,3)19-8-10-20(11-9-19)26-12-14-27(15-13-26)23(28)16-18-17-25-22-7-5-4-6-21(18)22/h4-11,17,25H,12-16H2,1-3H3. The van der Waals surface area contributed by atoms with Gasteiger partial charge >= 0.3 is 0 Å². The molecule has 0 atom stereocenters. The molecule has 4 nitrogen and oxygen atoms in total. The van der Waals surface area contributed by atoms with Crippen molar-refractivity contribution in [3.63, 3.8) is 0 Å². The number of fused-ring (bicyclic) bond motifs is 1. The molecule has 0 unspecified atom stereocenters. The largest absolute Gasteiger partial charge is 0.368 e. The topological polar surface area (TPSA) is 39.3 Å². The highest BCUT2D eigenvalue weighted by Gasteiger charge is 2.22. The summed E-state index contributed by atoms with van der Waals surface area (Å²) in [4.78, 5) is 20.4. The fraction of sp³-hybridized carbons (Fsp3) is 0.375. The third kappa shape index (κ3) is 3.77. The Morgan fingerprint density at radius 3 is 2.32 bits per heavy atom. The molecule has 1 aromatic heterocycles. The molecule has 0 bridgehead atoms. The molecular weight excluding hydrogens is 346 g/mol. The number of aromatic nitrogens is 1. The molecule has 146 valence electrons. The van der Waals surface area contributed by atoms with Gasteiger partial charge < -0.3 is 14.8 Å². The first kappa shape index (κ1) is 18.6. The van der Waals surface area contributed by atoms with Crippen LogP contribution in [0.2, 0.25) is 0 Å². The van der Waals surface area contributed by atoms with E-state index in [1.807, 2.05) is 29.3 Å². The predicted octanol–water partition coefficient (Wildman–Crippen LogP) is 4.36. The number of benzene rings is 2. The highest BCUT2D eigenvalue weighted by molar-refractivity contribution is 5.89. The van der Waals surface area contributed by atoms with Crippen molar-refractivity contribution in [1.29, 1.82) is 0 Å². The smallest absolute Gasteiger partial charge is 0.227 e. The quantitative estimate of drug-likeness (QED) is 0.739. The van der Waals surface area contributed by atoms with Gasteiger partial charge in [-0.3, -0.25) is 4.79 Å². The number of anilines is 1. The molecule has 28 heavy (non-hydrogen) atoms. The lowest BCUT2D eigenvalue weighted by molar-refractivity contribution is -0.130. The number of nitrogens with zero attached hydrogens (tertiary/aromatic N) is 2. The first-order valence-corrected chi connectivity index (χ1v) is 10.1. The second-order valence-corrected chi connectivity index (χ2v) is 8.70. The molecule has 1 saturated heterocycles. The zero-order valence-corrected chi connectivity index (χ0v) is 17.0. The van der Waals surface area contributed by atoms with Crippen LogP contribution in [-0.2, 0) is 16.6 Å². The molecule has 0 spiro atoms. The Kier molecular flexibility index (Phi) is 4.88. The van der Waals surface area contributed by atoms with Crippen molar-refractivity contribution in [2.75, 3.05) is 31.1 Å². The molecule has 2 aromatic carbocycles. The Balaban J connectivity index is 1.36. The maximum atomic E-state index is 12.8. The molecule has 0 saturated carbocycles. The van der Waals surface area contributed by atoms with Crippen molar-refractivity contribution in [3.8, 4) is 0 Å². The van der Waals surface area contributed by atoms with Gasteiger partial charge in [-0.25, -0.2) is 0 Å². The minimum atomic E-state index is 0.173. The number of nitrogens with one attached hydrogen (secondary N) is 1. The van der Waals surface area contributed by atoms with Gasteiger partial charge in [-0.05, 0) is 34.7 Å². The van der Waals surface area contributed by atoms with E-state index < -0.39 is 0 Å². The van der Waals surface area contributed by atoms with E-state index in [2.05, 4.69) is 61.0 Å². The fourth-order valence-corrected chi connectivity index (χ4v) is 3.94. The van der Waals surface area contributed by atoms with E-state index in [0.29, 0.717) is 6.42 Å². The number of para-hydroxylation sites is 1. The van der Waals surface area contributed by atoms with E-state index in [4.69, 9.17) is 0 Å². The van der Waals surface area contributed by atoms with Crippen molar-refractivity contribution in [2.45, 2.75) is 32.6 Å². The third-order valence-electron chi connectivity index (χ3n) is 5.75. The van der Waals surface area contributed by atoms with Crippen LogP contribution >= 0.6 is 0 Å². The molecule has 1 fully saturated rings. The Labute approximate surface area is 167 Å². The number of hydrogen-bond donors (Lipinski definition) is 1. The molecule has 4 rings (SSSR count). The van der Waals surface area contributed by atoms with Crippen LogP contribution in [-0.4, -0.2) is 42.0 Å². The van der Waals surface area contributed by atoms with Gasteiger partial charge in [0.1, 0.15) is 0 Å². The van der Waals surface area contributed by atoms with E-state index in [1.54, 1.807) is 0 Å². The summed E-state index contributed by atoms with van der Waals surface area (Å²) in [5.74, 6) is 0.215. The molecule has 1 amide bonds. The number of carbonyl (C=O) groups is 1. The van der Waals surface area contributed by atoms with Crippen molar-refractivity contribution >= 4 is 22.5 Å². The fourth-order valence-electron chi connectivity index (χ4n) is 3.94. The van der Waals surface area contributed by atoms with Crippen LogP contribution in [0.3, 0.4) is 0 Å². The minimum Gasteiger partial charge on any atom is -0.368 e. The number of amides is 1. The maximum absolute atomic E-state index is 12.8. The molecule has 1 N–H and O–H groups in total. The summed E-state index contributed by atoms with van der Waals surface area (Å²) in [7, 11) is 0. The summed E-state index contributed by atoms with van der Waals surface area (Å²) >= 11 is 0. The van der Waals surface area contributed by atoms with Crippen LogP contribution in [0.4, 0.5) is 5.69 Å². The van der Waals surface area contributed by atoms with Gasteiger partial charge in [0.2, 0.25) is 5.91 Å². The summed E-state index contributed by atoms with van der Waals surface area (Å²) < 4.78 is 0. The van der Waals surface area contributed by atoms with Crippen molar-refractivity contribution in [3.05, 3.63) is 65.9 Å². The summed E-state index contributed by atoms with van der Waals surface area (Å²) in [5, 5.41) is 1.15. The maximum Gasteiger partial charge on any atom is 0.227 e. The van der Waals surface area contributed by atoms with Crippen LogP contribution in [0.25, 0.3) is 10.9 Å². The van der Waals surface area contributed by atoms with Gasteiger partial charge in [0.25, 0.3) is 0 Å². The van der Waals surface area contributed by atoms with Crippen LogP contribution < -0.4 is 4.90 Å². The second-order valence-electron chi connectivity index (χ2n) is 8.70. The molecule has 0 radical (unpaired) electrons. The number of hydrogen-bond acceptors (Lipinski definition) is 2. The van der Waals surface area contributed by atoms with Crippen LogP contribution in [0, 0.1) is 0 Å². The number of piperazine rings is 1. The molecule has 0 aliphatic carbocycles. The summed E-state index contributed by atoms with van der Waals surface area (Å²) in [5.41, 5.74) is 4.95. The predicted molar refractivity (Wildman–Crippen MR) is 116 cm³/mol. The molecule has 1 aliphatic rings. The Bertz CT molecular complexity index is 957. The molecular formula is C24H29N3O. The number of rotatable bonds is 3. The zero-order chi connectivity index (χ0) is 19.7. The third-order valence-corrected chi connectivity index (χ3v) is 5.75. The van der Waals surface area contributed by atoms with Gasteiger partial charge in [-0.15, -0.1) is 0 Å². The number of carbonyl (C=O) groups excluding carboxylic acids is 1. The lowest BCUT2D eigenvalue weighted by Crippen LogP contribution is -2.49. The highest BCUT2D eigenvalue weighted by Crippen LogP contribution is 2.25. The van der Waals surface area contributed by atoms with E-state index in [1.165, 1.54) is 11.3 Å². The monoisotopic (exact) mass is 375 g/mol. The lowest BCUT2D eigenvalue weighted by atomic mass is 9.87. The first-order valence-electron chi connectivity index (χ1n) is 10.1.